The van der Waals surface area contributed by atoms with Gasteiger partial charge in [-0.1, -0.05) is 25.1 Å². The van der Waals surface area contributed by atoms with Gasteiger partial charge in [-0.05, 0) is 37.6 Å². The molecule has 0 bridgehead atoms. The average Bonchev–Trinajstić information content (AvgIpc) is 2.74. The Balaban J connectivity index is 2.59. The Labute approximate surface area is 123 Å². The van der Waals surface area contributed by atoms with E-state index in [1.54, 1.807) is 4.68 Å². The van der Waals surface area contributed by atoms with E-state index in [2.05, 4.69) is 41.6 Å². The van der Waals surface area contributed by atoms with Crippen molar-refractivity contribution in [3.63, 3.8) is 0 Å². The Hall–Kier alpha value is -1.15. The monoisotopic (exact) mass is 301 g/mol. The van der Waals surface area contributed by atoms with Crippen LogP contribution in [0.15, 0.2) is 5.16 Å². The Morgan fingerprint density at radius 3 is 2.75 bits per heavy atom. The number of nitrogens with one attached hydrogen (secondary N) is 1. The summed E-state index contributed by atoms with van der Waals surface area (Å²) < 4.78 is 1.65. The number of tetrazole rings is 1. The second-order valence-electron chi connectivity index (χ2n) is 5.59. The molecule has 0 spiro atoms. The van der Waals surface area contributed by atoms with Gasteiger partial charge in [-0.3, -0.25) is 4.79 Å². The van der Waals surface area contributed by atoms with E-state index in [0.29, 0.717) is 18.1 Å². The lowest BCUT2D eigenvalue weighted by atomic mass is 10.1. The third-order valence-corrected chi connectivity index (χ3v) is 3.78. The van der Waals surface area contributed by atoms with Crippen LogP contribution in [-0.4, -0.2) is 48.6 Å². The number of aliphatic carboxylic acids is 1. The molecular formula is C12H23N5O2S. The first-order valence-corrected chi connectivity index (χ1v) is 7.62. The van der Waals surface area contributed by atoms with E-state index in [0.717, 1.165) is 13.0 Å². The summed E-state index contributed by atoms with van der Waals surface area (Å²) in [6.45, 7) is 9.57. The number of carboxylic acids is 1. The van der Waals surface area contributed by atoms with E-state index >= 15 is 0 Å². The van der Waals surface area contributed by atoms with Gasteiger partial charge in [0.25, 0.3) is 0 Å². The van der Waals surface area contributed by atoms with Gasteiger partial charge in [0.2, 0.25) is 5.16 Å². The van der Waals surface area contributed by atoms with Crippen LogP contribution in [0, 0.1) is 0 Å². The lowest BCUT2D eigenvalue weighted by molar-refractivity contribution is -0.136. The number of carboxylic acid groups (broad SMARTS) is 1. The molecule has 2 N–H and O–H groups in total. The summed E-state index contributed by atoms with van der Waals surface area (Å²) in [6.07, 6.45) is 1.42. The molecule has 7 nitrogen and oxygen atoms in total. The Bertz CT molecular complexity index is 430. The fraction of sp³-hybridized carbons (Fsp3) is 0.833. The molecule has 0 aromatic carbocycles. The normalized spacial score (nSPS) is 13.4. The Morgan fingerprint density at radius 2 is 2.20 bits per heavy atom. The minimum absolute atomic E-state index is 0.0348. The Morgan fingerprint density at radius 1 is 1.50 bits per heavy atom. The average molecular weight is 301 g/mol. The summed E-state index contributed by atoms with van der Waals surface area (Å²) in [7, 11) is 0. The van der Waals surface area contributed by atoms with Gasteiger partial charge in [-0.2, -0.15) is 0 Å². The fourth-order valence-corrected chi connectivity index (χ4v) is 2.62. The maximum atomic E-state index is 11.2. The molecule has 0 fully saturated rings. The van der Waals surface area contributed by atoms with Gasteiger partial charge in [0.15, 0.2) is 0 Å². The smallest absolute Gasteiger partial charge is 0.317 e. The molecule has 0 saturated carbocycles. The van der Waals surface area contributed by atoms with Crippen molar-refractivity contribution in [3.05, 3.63) is 0 Å². The number of nitrogens with zero attached hydrogens (tertiary/aromatic N) is 4. The summed E-state index contributed by atoms with van der Waals surface area (Å²) in [5.74, 6) is -0.820. The lowest BCUT2D eigenvalue weighted by Crippen LogP contribution is -2.38. The quantitative estimate of drug-likeness (QED) is 0.701. The van der Waals surface area contributed by atoms with Gasteiger partial charge in [-0.25, -0.2) is 4.68 Å². The molecule has 0 saturated heterocycles. The highest BCUT2D eigenvalue weighted by Crippen LogP contribution is 2.24. The van der Waals surface area contributed by atoms with Crippen LogP contribution in [0.1, 0.15) is 40.5 Å². The highest BCUT2D eigenvalue weighted by atomic mass is 32.2. The summed E-state index contributed by atoms with van der Waals surface area (Å²) in [5, 5.41) is 24.0. The van der Waals surface area contributed by atoms with E-state index in [-0.39, 0.29) is 5.54 Å². The van der Waals surface area contributed by atoms with Crippen molar-refractivity contribution in [1.29, 1.82) is 0 Å². The minimum Gasteiger partial charge on any atom is -0.480 e. The predicted molar refractivity (Wildman–Crippen MR) is 77.8 cm³/mol. The number of thioether (sulfide) groups is 1. The van der Waals surface area contributed by atoms with Crippen molar-refractivity contribution in [2.45, 2.75) is 63.0 Å². The third kappa shape index (κ3) is 5.87. The van der Waals surface area contributed by atoms with Crippen molar-refractivity contribution < 1.29 is 9.90 Å². The molecule has 0 amide bonds. The van der Waals surface area contributed by atoms with E-state index in [1.165, 1.54) is 11.8 Å². The van der Waals surface area contributed by atoms with Crippen LogP contribution in [0.25, 0.3) is 0 Å². The second kappa shape index (κ2) is 7.58. The molecular weight excluding hydrogens is 278 g/mol. The van der Waals surface area contributed by atoms with Crippen LogP contribution in [0.5, 0.6) is 0 Å². The van der Waals surface area contributed by atoms with Crippen LogP contribution in [-0.2, 0) is 11.3 Å². The van der Waals surface area contributed by atoms with Gasteiger partial charge < -0.3 is 10.4 Å². The zero-order valence-corrected chi connectivity index (χ0v) is 13.3. The number of hydrogen-bond acceptors (Lipinski definition) is 6. The molecule has 114 valence electrons. The van der Waals surface area contributed by atoms with Crippen molar-refractivity contribution in [2.75, 3.05) is 6.54 Å². The summed E-state index contributed by atoms with van der Waals surface area (Å²) in [6, 6.07) is 0. The number of carbonyl (C=O) groups is 1. The van der Waals surface area contributed by atoms with E-state index < -0.39 is 11.2 Å². The van der Waals surface area contributed by atoms with Crippen LogP contribution >= 0.6 is 11.8 Å². The van der Waals surface area contributed by atoms with E-state index in [9.17, 15) is 4.79 Å². The number of rotatable bonds is 8. The molecule has 20 heavy (non-hydrogen) atoms. The molecule has 1 unspecified atom stereocenters. The van der Waals surface area contributed by atoms with Crippen molar-refractivity contribution in [2.24, 2.45) is 0 Å². The molecule has 1 atom stereocenters. The minimum atomic E-state index is -0.820. The molecule has 0 radical (unpaired) electrons. The van der Waals surface area contributed by atoms with E-state index in [4.69, 9.17) is 5.11 Å². The standard InChI is InChI=1S/C12H23N5O2S/c1-5-6-9(10(18)19)20-11-14-15-16-17(11)8-7-13-12(2,3)4/h9,13H,5-8H2,1-4H3,(H,18,19). The maximum absolute atomic E-state index is 11.2. The topological polar surface area (TPSA) is 92.9 Å². The van der Waals surface area contributed by atoms with Crippen LogP contribution in [0.2, 0.25) is 0 Å². The van der Waals surface area contributed by atoms with Crippen LogP contribution in [0.3, 0.4) is 0 Å². The SMILES string of the molecule is CCCC(Sc1nnnn1CCNC(C)(C)C)C(=O)O. The van der Waals surface area contributed by atoms with Gasteiger partial charge in [0.05, 0.1) is 6.54 Å². The molecule has 1 heterocycles. The second-order valence-corrected chi connectivity index (χ2v) is 6.76. The molecule has 8 heteroatoms. The number of aromatic nitrogens is 4. The van der Waals surface area contributed by atoms with Gasteiger partial charge in [0, 0.05) is 12.1 Å². The predicted octanol–water partition coefficient (Wildman–Crippen LogP) is 1.41. The molecule has 0 aliphatic carbocycles. The van der Waals surface area contributed by atoms with Gasteiger partial charge >= 0.3 is 5.97 Å². The summed E-state index contributed by atoms with van der Waals surface area (Å²) in [4.78, 5) is 11.2. The molecule has 1 rings (SSSR count). The van der Waals surface area contributed by atoms with Crippen molar-refractivity contribution in [3.8, 4) is 0 Å². The largest absolute Gasteiger partial charge is 0.480 e. The first-order valence-electron chi connectivity index (χ1n) is 6.74. The fourth-order valence-electron chi connectivity index (χ4n) is 1.58. The van der Waals surface area contributed by atoms with Gasteiger partial charge in [0.1, 0.15) is 5.25 Å². The van der Waals surface area contributed by atoms with Crippen LogP contribution < -0.4 is 5.32 Å². The van der Waals surface area contributed by atoms with Gasteiger partial charge in [-0.15, -0.1) is 5.10 Å². The molecule has 0 aliphatic rings. The number of hydrogen-bond donors (Lipinski definition) is 2. The van der Waals surface area contributed by atoms with E-state index in [1.807, 2.05) is 6.92 Å². The molecule has 0 aliphatic heterocycles. The molecule has 1 aromatic heterocycles. The Kier molecular flexibility index (Phi) is 6.41. The van der Waals surface area contributed by atoms with Crippen molar-refractivity contribution >= 4 is 17.7 Å². The third-order valence-electron chi connectivity index (χ3n) is 2.55. The zero-order valence-electron chi connectivity index (χ0n) is 12.5. The highest BCUT2D eigenvalue weighted by Gasteiger charge is 2.21. The molecule has 1 aromatic rings. The summed E-state index contributed by atoms with van der Waals surface area (Å²) >= 11 is 1.21. The van der Waals surface area contributed by atoms with Crippen molar-refractivity contribution in [1.82, 2.24) is 25.5 Å². The highest BCUT2D eigenvalue weighted by molar-refractivity contribution is 8.00. The zero-order chi connectivity index (χ0) is 15.2. The van der Waals surface area contributed by atoms with Crippen LogP contribution in [0.4, 0.5) is 0 Å². The maximum Gasteiger partial charge on any atom is 0.317 e. The summed E-state index contributed by atoms with van der Waals surface area (Å²) in [5.41, 5.74) is 0.0348. The first-order chi connectivity index (χ1) is 9.33. The lowest BCUT2D eigenvalue weighted by Gasteiger charge is -2.20. The first kappa shape index (κ1) is 16.9.